The number of likely N-dealkylation sites (tertiary alicyclic amines) is 2. The van der Waals surface area contributed by atoms with E-state index in [4.69, 9.17) is 0 Å². The first-order chi connectivity index (χ1) is 13.2. The van der Waals surface area contributed by atoms with Crippen LogP contribution < -0.4 is 0 Å². The van der Waals surface area contributed by atoms with Gasteiger partial charge in [-0.2, -0.15) is 0 Å². The molecule has 1 atom stereocenters. The minimum Gasteiger partial charge on any atom is -0.341 e. The van der Waals surface area contributed by atoms with Gasteiger partial charge in [-0.1, -0.05) is 49.4 Å². The van der Waals surface area contributed by atoms with Crippen LogP contribution in [0.5, 0.6) is 0 Å². The van der Waals surface area contributed by atoms with E-state index in [-0.39, 0.29) is 11.8 Å². The van der Waals surface area contributed by atoms with Crippen molar-refractivity contribution < 1.29 is 9.59 Å². The first-order valence-corrected chi connectivity index (χ1v) is 10.2. The van der Waals surface area contributed by atoms with E-state index in [1.807, 2.05) is 34.1 Å². The fourth-order valence-corrected chi connectivity index (χ4v) is 4.98. The molecule has 0 aromatic heterocycles. The Morgan fingerprint density at radius 1 is 1.04 bits per heavy atom. The van der Waals surface area contributed by atoms with E-state index in [0.29, 0.717) is 13.0 Å². The highest BCUT2D eigenvalue weighted by atomic mass is 16.2. The van der Waals surface area contributed by atoms with Crippen molar-refractivity contribution in [2.75, 3.05) is 19.6 Å². The summed E-state index contributed by atoms with van der Waals surface area (Å²) in [6.45, 7) is 4.44. The van der Waals surface area contributed by atoms with Crippen LogP contribution >= 0.6 is 0 Å². The third-order valence-electron chi connectivity index (χ3n) is 6.21. The zero-order valence-corrected chi connectivity index (χ0v) is 16.1. The van der Waals surface area contributed by atoms with Crippen LogP contribution in [-0.4, -0.2) is 46.8 Å². The molecule has 1 spiro atoms. The molecule has 2 aliphatic rings. The van der Waals surface area contributed by atoms with Crippen LogP contribution in [0, 0.1) is 0 Å². The van der Waals surface area contributed by atoms with Gasteiger partial charge in [0.25, 0.3) is 0 Å². The normalized spacial score (nSPS) is 22.8. The number of carbonyl (C=O) groups is 2. The van der Waals surface area contributed by atoms with Crippen molar-refractivity contribution in [3.05, 3.63) is 48.0 Å². The molecule has 2 fully saturated rings. The number of rotatable bonds is 4. The van der Waals surface area contributed by atoms with Crippen LogP contribution in [0.25, 0.3) is 10.8 Å². The predicted molar refractivity (Wildman–Crippen MR) is 107 cm³/mol. The molecular formula is C23H28N2O2. The monoisotopic (exact) mass is 364 g/mol. The van der Waals surface area contributed by atoms with E-state index in [0.717, 1.165) is 61.5 Å². The average molecular weight is 364 g/mol. The van der Waals surface area contributed by atoms with Gasteiger partial charge in [-0.25, -0.2) is 0 Å². The second-order valence-corrected chi connectivity index (χ2v) is 7.89. The minimum absolute atomic E-state index is 0.0931. The number of carbonyl (C=O) groups excluding carboxylic acids is 2. The van der Waals surface area contributed by atoms with E-state index in [1.54, 1.807) is 0 Å². The molecule has 4 heteroatoms. The van der Waals surface area contributed by atoms with Gasteiger partial charge in [0.2, 0.25) is 11.8 Å². The Kier molecular flexibility index (Phi) is 4.90. The lowest BCUT2D eigenvalue weighted by Gasteiger charge is -2.44. The molecule has 1 unspecified atom stereocenters. The zero-order valence-electron chi connectivity index (χ0n) is 16.1. The molecule has 0 bridgehead atoms. The summed E-state index contributed by atoms with van der Waals surface area (Å²) in [5.74, 6) is 0.273. The Labute approximate surface area is 161 Å². The molecule has 27 heavy (non-hydrogen) atoms. The third kappa shape index (κ3) is 3.11. The second-order valence-electron chi connectivity index (χ2n) is 7.89. The maximum atomic E-state index is 13.3. The average Bonchev–Trinajstić information content (AvgIpc) is 3.11. The zero-order chi connectivity index (χ0) is 18.9. The molecule has 2 heterocycles. The van der Waals surface area contributed by atoms with Crippen LogP contribution in [-0.2, 0) is 16.0 Å². The summed E-state index contributed by atoms with van der Waals surface area (Å²) in [5.41, 5.74) is 0.462. The van der Waals surface area contributed by atoms with Crippen molar-refractivity contribution in [3.63, 3.8) is 0 Å². The number of amides is 2. The summed E-state index contributed by atoms with van der Waals surface area (Å²) in [7, 11) is 0. The van der Waals surface area contributed by atoms with Gasteiger partial charge >= 0.3 is 0 Å². The Balaban J connectivity index is 1.60. The molecule has 0 radical (unpaired) electrons. The van der Waals surface area contributed by atoms with Crippen molar-refractivity contribution in [2.45, 2.75) is 51.0 Å². The fraction of sp³-hybridized carbons (Fsp3) is 0.478. The van der Waals surface area contributed by atoms with Gasteiger partial charge in [0.1, 0.15) is 5.54 Å². The van der Waals surface area contributed by atoms with Crippen molar-refractivity contribution in [3.8, 4) is 0 Å². The number of hydrogen-bond acceptors (Lipinski definition) is 2. The molecule has 2 amide bonds. The molecule has 2 aromatic carbocycles. The molecule has 4 rings (SSSR count). The van der Waals surface area contributed by atoms with E-state index in [2.05, 4.69) is 25.1 Å². The third-order valence-corrected chi connectivity index (χ3v) is 6.21. The summed E-state index contributed by atoms with van der Waals surface area (Å²) in [5, 5.41) is 2.28. The quantitative estimate of drug-likeness (QED) is 0.828. The van der Waals surface area contributed by atoms with E-state index >= 15 is 0 Å². The summed E-state index contributed by atoms with van der Waals surface area (Å²) in [6.07, 6.45) is 4.87. The summed E-state index contributed by atoms with van der Waals surface area (Å²) < 4.78 is 0. The molecule has 142 valence electrons. The topological polar surface area (TPSA) is 40.6 Å². The maximum absolute atomic E-state index is 13.3. The first-order valence-electron chi connectivity index (χ1n) is 10.2. The summed E-state index contributed by atoms with van der Waals surface area (Å²) in [6, 6.07) is 14.3. The van der Waals surface area contributed by atoms with Gasteiger partial charge in [-0.3, -0.25) is 9.59 Å². The Morgan fingerprint density at radius 2 is 1.78 bits per heavy atom. The lowest BCUT2D eigenvalue weighted by molar-refractivity contribution is -0.155. The molecule has 2 aliphatic heterocycles. The highest BCUT2D eigenvalue weighted by Gasteiger charge is 2.52. The number of fused-ring (bicyclic) bond motifs is 1. The van der Waals surface area contributed by atoms with Crippen molar-refractivity contribution in [1.29, 1.82) is 0 Å². The summed E-state index contributed by atoms with van der Waals surface area (Å²) in [4.78, 5) is 30.4. The Bertz CT molecular complexity index is 855. The molecule has 4 nitrogen and oxygen atoms in total. The number of benzene rings is 2. The van der Waals surface area contributed by atoms with Crippen LogP contribution in [0.15, 0.2) is 42.5 Å². The van der Waals surface area contributed by atoms with Gasteiger partial charge in [-0.15, -0.1) is 0 Å². The van der Waals surface area contributed by atoms with Crippen molar-refractivity contribution in [1.82, 2.24) is 9.80 Å². The molecule has 0 saturated carbocycles. The summed E-state index contributed by atoms with van der Waals surface area (Å²) >= 11 is 0. The van der Waals surface area contributed by atoms with Crippen LogP contribution in [0.4, 0.5) is 0 Å². The minimum atomic E-state index is -0.588. The van der Waals surface area contributed by atoms with E-state index < -0.39 is 5.54 Å². The predicted octanol–water partition coefficient (Wildman–Crippen LogP) is 3.78. The highest BCUT2D eigenvalue weighted by Crippen LogP contribution is 2.39. The highest BCUT2D eigenvalue weighted by molar-refractivity contribution is 5.95. The molecule has 2 aromatic rings. The smallest absolute Gasteiger partial charge is 0.248 e. The lowest BCUT2D eigenvalue weighted by atomic mass is 9.85. The van der Waals surface area contributed by atoms with Crippen LogP contribution in [0.2, 0.25) is 0 Å². The van der Waals surface area contributed by atoms with Gasteiger partial charge < -0.3 is 9.80 Å². The molecular weight excluding hydrogens is 336 g/mol. The standard InChI is InChI=1S/C23H28N2O2/c1-2-14-24-15-6-12-23(22(24)27)13-7-16-25(23)21(26)17-19-10-5-9-18-8-3-4-11-20(18)19/h3-5,8-11H,2,6-7,12-17H2,1H3. The SMILES string of the molecule is CCCN1CCCC2(CCCN2C(=O)Cc2cccc3ccccc23)C1=O. The molecule has 0 aliphatic carbocycles. The number of nitrogens with zero attached hydrogens (tertiary/aromatic N) is 2. The van der Waals surface area contributed by atoms with E-state index in [1.165, 1.54) is 0 Å². The Morgan fingerprint density at radius 3 is 2.59 bits per heavy atom. The largest absolute Gasteiger partial charge is 0.341 e. The fourth-order valence-electron chi connectivity index (χ4n) is 4.98. The van der Waals surface area contributed by atoms with Crippen LogP contribution in [0.1, 0.15) is 44.6 Å². The van der Waals surface area contributed by atoms with Gasteiger partial charge in [0.15, 0.2) is 0 Å². The molecule has 0 N–H and O–H groups in total. The van der Waals surface area contributed by atoms with Crippen molar-refractivity contribution >= 4 is 22.6 Å². The van der Waals surface area contributed by atoms with Gasteiger partial charge in [0, 0.05) is 19.6 Å². The molecule has 2 saturated heterocycles. The van der Waals surface area contributed by atoms with Gasteiger partial charge in [0.05, 0.1) is 6.42 Å². The van der Waals surface area contributed by atoms with Crippen molar-refractivity contribution in [2.24, 2.45) is 0 Å². The first kappa shape index (κ1) is 18.0. The Hall–Kier alpha value is -2.36. The number of piperidine rings is 1. The number of hydrogen-bond donors (Lipinski definition) is 0. The second kappa shape index (κ2) is 7.34. The lowest BCUT2D eigenvalue weighted by Crippen LogP contribution is -2.61. The van der Waals surface area contributed by atoms with E-state index in [9.17, 15) is 9.59 Å². The van der Waals surface area contributed by atoms with Crippen LogP contribution in [0.3, 0.4) is 0 Å². The van der Waals surface area contributed by atoms with Gasteiger partial charge in [-0.05, 0) is 48.4 Å². The maximum Gasteiger partial charge on any atom is 0.248 e.